The van der Waals surface area contributed by atoms with Crippen LogP contribution in [0.2, 0.25) is 0 Å². The number of carbonyl (C=O) groups excluding carboxylic acids is 1. The molecule has 1 saturated heterocycles. The summed E-state index contributed by atoms with van der Waals surface area (Å²) in [5.74, 6) is 0.708. The Kier molecular flexibility index (Phi) is 4.49. The molecule has 134 valence electrons. The van der Waals surface area contributed by atoms with Gasteiger partial charge in [-0.15, -0.1) is 0 Å². The predicted octanol–water partition coefficient (Wildman–Crippen LogP) is 1.38. The summed E-state index contributed by atoms with van der Waals surface area (Å²) in [4.78, 5) is 30.4. The van der Waals surface area contributed by atoms with Crippen LogP contribution in [-0.2, 0) is 4.74 Å². The van der Waals surface area contributed by atoms with Gasteiger partial charge in [0.2, 0.25) is 0 Å². The molecule has 2 N–H and O–H groups in total. The van der Waals surface area contributed by atoms with Crippen molar-refractivity contribution >= 4 is 22.8 Å². The van der Waals surface area contributed by atoms with E-state index in [2.05, 4.69) is 30.2 Å². The summed E-state index contributed by atoms with van der Waals surface area (Å²) in [5.41, 5.74) is 2.10. The van der Waals surface area contributed by atoms with Crippen molar-refractivity contribution in [1.29, 1.82) is 0 Å². The summed E-state index contributed by atoms with van der Waals surface area (Å²) in [7, 11) is 1.71. The number of imidazole rings is 1. The number of ether oxygens (including phenoxy) is 1. The second kappa shape index (κ2) is 7.09. The lowest BCUT2D eigenvalue weighted by Crippen LogP contribution is -2.40. The van der Waals surface area contributed by atoms with Gasteiger partial charge in [0.1, 0.15) is 17.7 Å². The van der Waals surface area contributed by atoms with Gasteiger partial charge in [-0.2, -0.15) is 0 Å². The Bertz CT molecular complexity index is 897. The average Bonchev–Trinajstić information content (AvgIpc) is 3.33. The maximum Gasteiger partial charge on any atom is 0.253 e. The number of anilines is 1. The highest BCUT2D eigenvalue weighted by atomic mass is 16.5. The van der Waals surface area contributed by atoms with Gasteiger partial charge in [0.25, 0.3) is 5.91 Å². The number of fused-ring (bicyclic) bond motifs is 1. The van der Waals surface area contributed by atoms with Crippen LogP contribution in [0.15, 0.2) is 43.1 Å². The normalized spacial score (nSPS) is 19.8. The Balaban J connectivity index is 1.49. The molecule has 1 fully saturated rings. The SMILES string of the molecule is CO[C@@H]1C[C@H](CNC(=O)c2cccc3[nH]cnc23)N(c2ccncn2)C1. The zero-order valence-corrected chi connectivity index (χ0v) is 14.4. The number of hydrogen-bond donors (Lipinski definition) is 2. The first-order chi connectivity index (χ1) is 12.8. The topological polar surface area (TPSA) is 96.0 Å². The number of carbonyl (C=O) groups is 1. The molecule has 1 aliphatic heterocycles. The van der Waals surface area contributed by atoms with Gasteiger partial charge in [-0.3, -0.25) is 4.79 Å². The van der Waals surface area contributed by atoms with E-state index in [-0.39, 0.29) is 18.1 Å². The molecule has 0 spiro atoms. The van der Waals surface area contributed by atoms with Crippen LogP contribution in [0.5, 0.6) is 0 Å². The van der Waals surface area contributed by atoms with Crippen LogP contribution in [0, 0.1) is 0 Å². The minimum Gasteiger partial charge on any atom is -0.380 e. The van der Waals surface area contributed by atoms with Gasteiger partial charge >= 0.3 is 0 Å². The molecule has 1 aliphatic rings. The Labute approximate surface area is 150 Å². The number of aromatic nitrogens is 4. The van der Waals surface area contributed by atoms with Gasteiger partial charge in [0, 0.05) is 26.4 Å². The lowest BCUT2D eigenvalue weighted by atomic mass is 10.1. The Morgan fingerprint density at radius 3 is 3.12 bits per heavy atom. The van der Waals surface area contributed by atoms with Crippen LogP contribution in [0.25, 0.3) is 11.0 Å². The molecule has 8 nitrogen and oxygen atoms in total. The number of aromatic amines is 1. The van der Waals surface area contributed by atoms with E-state index in [0.717, 1.165) is 24.3 Å². The summed E-state index contributed by atoms with van der Waals surface area (Å²) in [6.07, 6.45) is 5.78. The van der Waals surface area contributed by atoms with E-state index in [0.29, 0.717) is 17.6 Å². The molecule has 8 heteroatoms. The second-order valence-electron chi connectivity index (χ2n) is 6.28. The number of nitrogens with one attached hydrogen (secondary N) is 2. The van der Waals surface area contributed by atoms with Crippen LogP contribution in [0.3, 0.4) is 0 Å². The van der Waals surface area contributed by atoms with Crippen LogP contribution in [0.1, 0.15) is 16.8 Å². The van der Waals surface area contributed by atoms with Gasteiger partial charge in [-0.1, -0.05) is 6.07 Å². The van der Waals surface area contributed by atoms with Gasteiger partial charge < -0.3 is 19.9 Å². The number of para-hydroxylation sites is 1. The van der Waals surface area contributed by atoms with Crippen molar-refractivity contribution in [3.63, 3.8) is 0 Å². The molecule has 0 unspecified atom stereocenters. The van der Waals surface area contributed by atoms with E-state index in [1.165, 1.54) is 6.33 Å². The van der Waals surface area contributed by atoms with Crippen LogP contribution in [-0.4, -0.2) is 58.2 Å². The Morgan fingerprint density at radius 1 is 1.38 bits per heavy atom. The quantitative estimate of drug-likeness (QED) is 0.720. The van der Waals surface area contributed by atoms with Crippen molar-refractivity contribution in [3.8, 4) is 0 Å². The molecular formula is C18H20N6O2. The van der Waals surface area contributed by atoms with E-state index < -0.39 is 0 Å². The van der Waals surface area contributed by atoms with Gasteiger partial charge in [0.15, 0.2) is 0 Å². The fraction of sp³-hybridized carbons (Fsp3) is 0.333. The molecule has 0 saturated carbocycles. The summed E-state index contributed by atoms with van der Waals surface area (Å²) in [6.45, 7) is 1.24. The highest BCUT2D eigenvalue weighted by Gasteiger charge is 2.33. The third-order valence-corrected chi connectivity index (χ3v) is 4.76. The molecule has 0 radical (unpaired) electrons. The Hall–Kier alpha value is -3.00. The predicted molar refractivity (Wildman–Crippen MR) is 97.0 cm³/mol. The number of methoxy groups -OCH3 is 1. The van der Waals surface area contributed by atoms with E-state index in [1.54, 1.807) is 25.7 Å². The van der Waals surface area contributed by atoms with Crippen molar-refractivity contribution in [2.24, 2.45) is 0 Å². The average molecular weight is 352 g/mol. The van der Waals surface area contributed by atoms with Gasteiger partial charge in [0.05, 0.1) is 29.6 Å². The lowest BCUT2D eigenvalue weighted by Gasteiger charge is -2.25. The maximum atomic E-state index is 12.7. The highest BCUT2D eigenvalue weighted by molar-refractivity contribution is 6.04. The van der Waals surface area contributed by atoms with E-state index in [4.69, 9.17) is 4.74 Å². The number of benzene rings is 1. The molecule has 2 atom stereocenters. The molecule has 1 aromatic carbocycles. The number of nitrogens with zero attached hydrogens (tertiary/aromatic N) is 4. The fourth-order valence-corrected chi connectivity index (χ4v) is 3.43. The third kappa shape index (κ3) is 3.11. The molecule has 3 aromatic rings. The summed E-state index contributed by atoms with van der Waals surface area (Å²) < 4.78 is 5.52. The minimum absolute atomic E-state index is 0.109. The number of H-pyrrole nitrogens is 1. The minimum atomic E-state index is -0.133. The fourth-order valence-electron chi connectivity index (χ4n) is 3.43. The van der Waals surface area contributed by atoms with Crippen molar-refractivity contribution in [3.05, 3.63) is 48.7 Å². The molecular weight excluding hydrogens is 332 g/mol. The van der Waals surface area contributed by atoms with Crippen LogP contribution >= 0.6 is 0 Å². The van der Waals surface area contributed by atoms with Crippen molar-refractivity contribution in [2.75, 3.05) is 25.1 Å². The smallest absolute Gasteiger partial charge is 0.253 e. The first-order valence-corrected chi connectivity index (χ1v) is 8.52. The van der Waals surface area contributed by atoms with E-state index in [1.807, 2.05) is 18.2 Å². The first kappa shape index (κ1) is 16.5. The summed E-state index contributed by atoms with van der Waals surface area (Å²) >= 11 is 0. The molecule has 26 heavy (non-hydrogen) atoms. The largest absolute Gasteiger partial charge is 0.380 e. The lowest BCUT2D eigenvalue weighted by molar-refractivity contribution is 0.0948. The van der Waals surface area contributed by atoms with Crippen molar-refractivity contribution in [2.45, 2.75) is 18.6 Å². The van der Waals surface area contributed by atoms with Crippen LogP contribution in [0.4, 0.5) is 5.82 Å². The van der Waals surface area contributed by atoms with Crippen molar-refractivity contribution in [1.82, 2.24) is 25.3 Å². The maximum absolute atomic E-state index is 12.7. The monoisotopic (exact) mass is 352 g/mol. The molecule has 4 rings (SSSR count). The second-order valence-corrected chi connectivity index (χ2v) is 6.28. The number of hydrogen-bond acceptors (Lipinski definition) is 6. The number of amides is 1. The molecule has 3 heterocycles. The summed E-state index contributed by atoms with van der Waals surface area (Å²) in [5, 5.41) is 3.03. The zero-order valence-electron chi connectivity index (χ0n) is 14.4. The van der Waals surface area contributed by atoms with E-state index >= 15 is 0 Å². The standard InChI is InChI=1S/C18H20N6O2/c1-26-13-7-12(24(9-13)16-5-6-19-10-22-16)8-20-18(25)14-3-2-4-15-17(14)23-11-21-15/h2-6,10-13H,7-9H2,1H3,(H,20,25)(H,21,23)/t12-,13-/m1/s1. The highest BCUT2D eigenvalue weighted by Crippen LogP contribution is 2.25. The third-order valence-electron chi connectivity index (χ3n) is 4.76. The van der Waals surface area contributed by atoms with Gasteiger partial charge in [-0.25, -0.2) is 15.0 Å². The zero-order chi connectivity index (χ0) is 17.9. The van der Waals surface area contributed by atoms with Gasteiger partial charge in [-0.05, 0) is 24.6 Å². The van der Waals surface area contributed by atoms with Crippen LogP contribution < -0.4 is 10.2 Å². The molecule has 2 aromatic heterocycles. The first-order valence-electron chi connectivity index (χ1n) is 8.52. The molecule has 0 bridgehead atoms. The Morgan fingerprint density at radius 2 is 2.31 bits per heavy atom. The molecule has 1 amide bonds. The summed E-state index contributed by atoms with van der Waals surface area (Å²) in [6, 6.07) is 7.51. The molecule has 0 aliphatic carbocycles. The number of rotatable bonds is 5. The van der Waals surface area contributed by atoms with E-state index in [9.17, 15) is 4.79 Å². The van der Waals surface area contributed by atoms with Crippen molar-refractivity contribution < 1.29 is 9.53 Å².